The Hall–Kier alpha value is -2.75. The highest BCUT2D eigenvalue weighted by molar-refractivity contribution is 5.60. The molecule has 31 heavy (non-hydrogen) atoms. The number of rotatable bonds is 5. The highest BCUT2D eigenvalue weighted by Crippen LogP contribution is 2.15. The number of aryl methyl sites for hydroxylation is 2. The van der Waals surface area contributed by atoms with Crippen molar-refractivity contribution in [3.8, 4) is 0 Å². The Balaban J connectivity index is 0. The van der Waals surface area contributed by atoms with Crippen LogP contribution in [-0.2, 0) is 16.7 Å². The van der Waals surface area contributed by atoms with Crippen molar-refractivity contribution in [2.75, 3.05) is 32.0 Å². The van der Waals surface area contributed by atoms with Crippen molar-refractivity contribution >= 4 is 24.0 Å². The summed E-state index contributed by atoms with van der Waals surface area (Å²) >= 11 is 0. The Bertz CT molecular complexity index is 784. The van der Waals surface area contributed by atoms with Crippen molar-refractivity contribution in [3.05, 3.63) is 46.5 Å². The Morgan fingerprint density at radius 2 is 1.74 bits per heavy atom. The molecule has 0 saturated carbocycles. The van der Waals surface area contributed by atoms with Crippen molar-refractivity contribution < 1.29 is 14.7 Å². The van der Waals surface area contributed by atoms with Gasteiger partial charge in [-0.05, 0) is 58.5 Å². The van der Waals surface area contributed by atoms with Gasteiger partial charge in [0.15, 0.2) is 0 Å². The van der Waals surface area contributed by atoms with E-state index in [0.29, 0.717) is 23.1 Å². The second-order valence-corrected chi connectivity index (χ2v) is 7.52. The zero-order valence-corrected chi connectivity index (χ0v) is 20.2. The minimum atomic E-state index is -0.500. The fourth-order valence-electron chi connectivity index (χ4n) is 1.65. The minimum absolute atomic E-state index is 0.135. The molecular weight excluding hydrogens is 398 g/mol. The maximum absolute atomic E-state index is 12.0. The van der Waals surface area contributed by atoms with E-state index in [9.17, 15) is 4.79 Å². The van der Waals surface area contributed by atoms with E-state index in [1.165, 1.54) is 11.7 Å². The molecule has 4 N–H and O–H groups in total. The lowest BCUT2D eigenvalue weighted by atomic mass is 9.95. The fourth-order valence-corrected chi connectivity index (χ4v) is 1.65. The Labute approximate surface area is 185 Å². The highest BCUT2D eigenvalue weighted by atomic mass is 16.6. The van der Waals surface area contributed by atoms with Gasteiger partial charge in [0, 0.05) is 19.4 Å². The topological polar surface area (TPSA) is 118 Å². The summed E-state index contributed by atoms with van der Waals surface area (Å²) in [5.41, 5.74) is 4.23. The molecule has 2 aromatic heterocycles. The molecule has 0 aliphatic rings. The van der Waals surface area contributed by atoms with Crippen LogP contribution in [0.4, 0.5) is 17.2 Å². The molecule has 9 nitrogen and oxygen atoms in total. The van der Waals surface area contributed by atoms with Crippen LogP contribution >= 0.6 is 0 Å². The van der Waals surface area contributed by atoms with Crippen molar-refractivity contribution in [2.24, 2.45) is 13.0 Å². The molecule has 0 amide bonds. The zero-order valence-electron chi connectivity index (χ0n) is 20.2. The number of hydrogen-bond acceptors (Lipinski definition) is 8. The summed E-state index contributed by atoms with van der Waals surface area (Å²) in [5, 5.41) is 14.8. The van der Waals surface area contributed by atoms with Gasteiger partial charge in [0.2, 0.25) is 0 Å². The van der Waals surface area contributed by atoms with Gasteiger partial charge in [-0.15, -0.1) is 0 Å². The van der Waals surface area contributed by atoms with Gasteiger partial charge in [0.1, 0.15) is 18.3 Å². The maximum atomic E-state index is 12.0. The van der Waals surface area contributed by atoms with Gasteiger partial charge < -0.3 is 25.1 Å². The highest BCUT2D eigenvalue weighted by Gasteiger charge is 2.16. The molecule has 0 bridgehead atoms. The summed E-state index contributed by atoms with van der Waals surface area (Å²) in [6.45, 7) is 11.6. The summed E-state index contributed by atoms with van der Waals surface area (Å²) in [7, 11) is 6.94. The van der Waals surface area contributed by atoms with Crippen molar-refractivity contribution in [1.82, 2.24) is 14.9 Å². The first-order chi connectivity index (χ1) is 14.5. The molecule has 0 fully saturated rings. The molecule has 0 aliphatic carbocycles. The average Bonchev–Trinajstić information content (AvgIpc) is 2.69. The van der Waals surface area contributed by atoms with E-state index >= 15 is 0 Å². The molecule has 2 aromatic rings. The molecule has 0 saturated heterocycles. The van der Waals surface area contributed by atoms with E-state index in [-0.39, 0.29) is 5.56 Å². The average molecular weight is 438 g/mol. The van der Waals surface area contributed by atoms with E-state index in [4.69, 9.17) is 14.7 Å². The van der Waals surface area contributed by atoms with E-state index in [1.54, 1.807) is 25.5 Å². The van der Waals surface area contributed by atoms with Gasteiger partial charge in [-0.3, -0.25) is 15.1 Å². The van der Waals surface area contributed by atoms with E-state index < -0.39 is 5.60 Å². The molecule has 0 aliphatic heterocycles. The quantitative estimate of drug-likeness (QED) is 0.528. The number of aromatic nitrogens is 2. The summed E-state index contributed by atoms with van der Waals surface area (Å²) < 4.78 is 1.47. The third-order valence-electron chi connectivity index (χ3n) is 3.99. The lowest BCUT2D eigenvalue weighted by Gasteiger charge is -2.21. The van der Waals surface area contributed by atoms with Crippen LogP contribution in [0.2, 0.25) is 0 Å². The molecule has 0 atom stereocenters. The number of carbonyl (C=O) groups is 1. The predicted octanol–water partition coefficient (Wildman–Crippen LogP) is 2.87. The van der Waals surface area contributed by atoms with Crippen LogP contribution in [0.15, 0.2) is 35.4 Å². The Morgan fingerprint density at radius 1 is 1.23 bits per heavy atom. The number of pyridine rings is 2. The third kappa shape index (κ3) is 13.2. The Morgan fingerprint density at radius 3 is 2.13 bits per heavy atom. The van der Waals surface area contributed by atoms with Crippen LogP contribution in [0.1, 0.15) is 33.3 Å². The Kier molecular flexibility index (Phi) is 15.7. The van der Waals surface area contributed by atoms with E-state index in [0.717, 1.165) is 5.56 Å². The summed E-state index contributed by atoms with van der Waals surface area (Å²) in [6.07, 6.45) is 3.39. The van der Waals surface area contributed by atoms with Gasteiger partial charge in [0.05, 0.1) is 18.4 Å². The molecule has 0 unspecified atom stereocenters. The summed E-state index contributed by atoms with van der Waals surface area (Å²) in [5.74, 6) is 0.977. The smallest absolute Gasteiger partial charge is 0.274 e. The first-order valence-corrected chi connectivity index (χ1v) is 9.75. The maximum Gasteiger partial charge on any atom is 0.274 e. The number of hydrogen-bond donors (Lipinski definition) is 4. The van der Waals surface area contributed by atoms with Gasteiger partial charge in [-0.25, -0.2) is 4.98 Å². The van der Waals surface area contributed by atoms with Crippen LogP contribution in [0.5, 0.6) is 0 Å². The monoisotopic (exact) mass is 437 g/mol. The van der Waals surface area contributed by atoms with Crippen LogP contribution < -0.4 is 21.7 Å². The normalized spacial score (nSPS) is 9.90. The minimum Gasteiger partial charge on any atom is -0.390 e. The van der Waals surface area contributed by atoms with Crippen molar-refractivity contribution in [1.29, 1.82) is 0 Å². The molecular formula is C22H39N5O4. The van der Waals surface area contributed by atoms with Crippen LogP contribution in [0.3, 0.4) is 0 Å². The molecule has 176 valence electrons. The van der Waals surface area contributed by atoms with Gasteiger partial charge in [-0.2, -0.15) is 0 Å². The molecule has 2 rings (SSSR count). The predicted molar refractivity (Wildman–Crippen MR) is 128 cm³/mol. The second-order valence-electron chi connectivity index (χ2n) is 7.52. The summed E-state index contributed by atoms with van der Waals surface area (Å²) in [6, 6.07) is 5.43. The van der Waals surface area contributed by atoms with Crippen LogP contribution in [0.25, 0.3) is 0 Å². The number of aliphatic hydroxyl groups is 1. The lowest BCUT2D eigenvalue weighted by Crippen LogP contribution is -2.25. The first-order valence-electron chi connectivity index (χ1n) is 9.75. The molecule has 0 aromatic carbocycles. The fraction of sp³-hybridized carbons (Fsp3) is 0.500. The van der Waals surface area contributed by atoms with E-state index in [2.05, 4.69) is 21.1 Å². The standard InChI is InChI=1S/C13H16N4O2.C6H14O.C2H7N.CH2O/c1-9-4-5-12(14-7-9)15-11-6-10(16-19-3)8-17(2)13(11)18;1-5(2)6(3,4)7;1-3-2;1-2/h4-8,16H,1-3H3,(H,14,15);5,7H,1-4H3;3H,1-2H3;1H2. The van der Waals surface area contributed by atoms with Crippen LogP contribution in [0, 0.1) is 12.8 Å². The van der Waals surface area contributed by atoms with Crippen LogP contribution in [-0.4, -0.2) is 48.3 Å². The number of anilines is 3. The van der Waals surface area contributed by atoms with E-state index in [1.807, 2.05) is 67.6 Å². The zero-order chi connectivity index (χ0) is 24.6. The first kappa shape index (κ1) is 30.4. The molecule has 0 spiro atoms. The van der Waals surface area contributed by atoms with Crippen molar-refractivity contribution in [2.45, 2.75) is 40.2 Å². The largest absolute Gasteiger partial charge is 0.390 e. The molecule has 9 heteroatoms. The molecule has 0 radical (unpaired) electrons. The number of carbonyl (C=O) groups excluding carboxylic acids is 1. The van der Waals surface area contributed by atoms with Gasteiger partial charge in [0.25, 0.3) is 5.56 Å². The van der Waals surface area contributed by atoms with Crippen molar-refractivity contribution in [3.63, 3.8) is 0 Å². The van der Waals surface area contributed by atoms with Gasteiger partial charge >= 0.3 is 0 Å². The second kappa shape index (κ2) is 16.0. The number of nitrogens with one attached hydrogen (secondary N) is 3. The van der Waals surface area contributed by atoms with Gasteiger partial charge in [-0.1, -0.05) is 19.9 Å². The molecule has 2 heterocycles. The third-order valence-corrected chi connectivity index (χ3v) is 3.99. The lowest BCUT2D eigenvalue weighted by molar-refractivity contribution is -0.0980. The summed E-state index contributed by atoms with van der Waals surface area (Å²) in [4.78, 5) is 29.0. The number of nitrogens with zero attached hydrogens (tertiary/aromatic N) is 2. The SMILES string of the molecule is C=O.CC(C)C(C)(C)O.CNC.CONc1cc(Nc2ccc(C)cn2)c(=O)n(C)c1.